The molecule has 0 saturated heterocycles. The number of aliphatic imine (C=N–C) groups is 1. The van der Waals surface area contributed by atoms with Crippen molar-refractivity contribution in [2.45, 2.75) is 52.3 Å². The number of carbonyl (C=O) groups excluding carboxylic acids is 2. The van der Waals surface area contributed by atoms with Gasteiger partial charge in [-0.1, -0.05) is 12.1 Å². The molecule has 1 rings (SSSR count). The molecule has 0 heterocycles. The summed E-state index contributed by atoms with van der Waals surface area (Å²) in [5.74, 6) is 0.583. The van der Waals surface area contributed by atoms with Crippen LogP contribution < -0.4 is 16.0 Å². The van der Waals surface area contributed by atoms with E-state index in [2.05, 4.69) is 20.9 Å². The van der Waals surface area contributed by atoms with Crippen molar-refractivity contribution in [3.05, 3.63) is 35.4 Å². The fourth-order valence-electron chi connectivity index (χ4n) is 2.36. The number of halogens is 1. The fourth-order valence-corrected chi connectivity index (χ4v) is 2.36. The predicted molar refractivity (Wildman–Crippen MR) is 132 cm³/mol. The van der Waals surface area contributed by atoms with E-state index in [4.69, 9.17) is 4.74 Å². The molecule has 0 spiro atoms. The van der Waals surface area contributed by atoms with Crippen LogP contribution in [0, 0.1) is 0 Å². The lowest BCUT2D eigenvalue weighted by molar-refractivity contribution is 0.0473. The number of alkyl carbamates (subject to hydrolysis) is 1. The van der Waals surface area contributed by atoms with Gasteiger partial charge >= 0.3 is 6.09 Å². The molecule has 30 heavy (non-hydrogen) atoms. The Labute approximate surface area is 197 Å². The standard InChI is InChI=1S/C21H35N5O3.HI/c1-20(2,3)29-19(28)25-21(4,5)14-24-18(22-6)23-13-15-9-11-16(12-10-15)17(27)26(7)8;/h9-12H,13-14H2,1-8H3,(H,25,28)(H2,22,23,24);1H. The predicted octanol–water partition coefficient (Wildman–Crippen LogP) is 2.97. The minimum atomic E-state index is -0.544. The van der Waals surface area contributed by atoms with Gasteiger partial charge in [0.05, 0.1) is 5.54 Å². The number of ether oxygens (including phenoxy) is 1. The Morgan fingerprint density at radius 1 is 1.03 bits per heavy atom. The summed E-state index contributed by atoms with van der Waals surface area (Å²) in [6.45, 7) is 10.3. The summed E-state index contributed by atoms with van der Waals surface area (Å²) in [5.41, 5.74) is 0.595. The van der Waals surface area contributed by atoms with Gasteiger partial charge < -0.3 is 25.6 Å². The van der Waals surface area contributed by atoms with Crippen LogP contribution >= 0.6 is 24.0 Å². The number of rotatable bonds is 6. The van der Waals surface area contributed by atoms with Gasteiger partial charge in [-0.25, -0.2) is 4.79 Å². The van der Waals surface area contributed by atoms with E-state index in [0.717, 1.165) is 5.56 Å². The molecule has 0 aliphatic heterocycles. The molecule has 0 atom stereocenters. The highest BCUT2D eigenvalue weighted by Crippen LogP contribution is 2.09. The zero-order valence-corrected chi connectivity index (χ0v) is 21.6. The average molecular weight is 533 g/mol. The van der Waals surface area contributed by atoms with E-state index in [9.17, 15) is 9.59 Å². The lowest BCUT2D eigenvalue weighted by Crippen LogP contribution is -2.54. The molecule has 3 N–H and O–H groups in total. The minimum absolute atomic E-state index is 0. The first-order valence-corrected chi connectivity index (χ1v) is 9.59. The van der Waals surface area contributed by atoms with Gasteiger partial charge in [0.2, 0.25) is 0 Å². The molecular formula is C21H36IN5O3. The molecule has 0 aliphatic rings. The summed E-state index contributed by atoms with van der Waals surface area (Å²) in [6.07, 6.45) is -0.459. The first kappa shape index (κ1) is 28.0. The third-order valence-electron chi connectivity index (χ3n) is 3.83. The van der Waals surface area contributed by atoms with Crippen molar-refractivity contribution in [1.29, 1.82) is 0 Å². The number of hydrogen-bond acceptors (Lipinski definition) is 4. The van der Waals surface area contributed by atoms with Gasteiger partial charge in [-0.05, 0) is 52.3 Å². The van der Waals surface area contributed by atoms with E-state index in [1.54, 1.807) is 26.0 Å². The second kappa shape index (κ2) is 12.0. The Morgan fingerprint density at radius 2 is 1.60 bits per heavy atom. The van der Waals surface area contributed by atoms with Crippen molar-refractivity contribution >= 4 is 41.9 Å². The van der Waals surface area contributed by atoms with Crippen LogP contribution in [0.3, 0.4) is 0 Å². The third kappa shape index (κ3) is 10.7. The van der Waals surface area contributed by atoms with Crippen LogP contribution in [0.15, 0.2) is 29.3 Å². The molecule has 0 fully saturated rings. The van der Waals surface area contributed by atoms with Crippen LogP contribution in [0.2, 0.25) is 0 Å². The van der Waals surface area contributed by atoms with E-state index in [-0.39, 0.29) is 29.9 Å². The van der Waals surface area contributed by atoms with Crippen LogP contribution in [0.4, 0.5) is 4.79 Å². The fraction of sp³-hybridized carbons (Fsp3) is 0.571. The van der Waals surface area contributed by atoms with Crippen molar-refractivity contribution in [3.8, 4) is 0 Å². The molecule has 0 aromatic heterocycles. The van der Waals surface area contributed by atoms with Gasteiger partial charge in [-0.2, -0.15) is 0 Å². The van der Waals surface area contributed by atoms with E-state index in [1.807, 2.05) is 58.9 Å². The molecule has 0 radical (unpaired) electrons. The smallest absolute Gasteiger partial charge is 0.408 e. The highest BCUT2D eigenvalue weighted by atomic mass is 127. The van der Waals surface area contributed by atoms with Gasteiger partial charge in [0, 0.05) is 39.8 Å². The van der Waals surface area contributed by atoms with Gasteiger partial charge in [0.1, 0.15) is 5.60 Å². The summed E-state index contributed by atoms with van der Waals surface area (Å²) in [4.78, 5) is 29.7. The number of benzene rings is 1. The van der Waals surface area contributed by atoms with Gasteiger partial charge in [-0.15, -0.1) is 24.0 Å². The monoisotopic (exact) mass is 533 g/mol. The quantitative estimate of drug-likeness (QED) is 0.297. The molecule has 0 bridgehead atoms. The number of amides is 2. The number of hydrogen-bond donors (Lipinski definition) is 3. The molecule has 170 valence electrons. The maximum absolute atomic E-state index is 12.0. The molecule has 1 aromatic carbocycles. The summed E-state index contributed by atoms with van der Waals surface area (Å²) >= 11 is 0. The third-order valence-corrected chi connectivity index (χ3v) is 3.83. The lowest BCUT2D eigenvalue weighted by Gasteiger charge is -2.29. The topological polar surface area (TPSA) is 95.1 Å². The van der Waals surface area contributed by atoms with Crippen LogP contribution in [0.1, 0.15) is 50.5 Å². The summed E-state index contributed by atoms with van der Waals surface area (Å²) in [5, 5.41) is 9.27. The lowest BCUT2D eigenvalue weighted by atomic mass is 10.1. The normalized spacial score (nSPS) is 11.8. The van der Waals surface area contributed by atoms with Crippen LogP contribution in [0.25, 0.3) is 0 Å². The Kier molecular flexibility index (Phi) is 11.2. The van der Waals surface area contributed by atoms with Gasteiger partial charge in [0.15, 0.2) is 5.96 Å². The van der Waals surface area contributed by atoms with E-state index in [1.165, 1.54) is 0 Å². The van der Waals surface area contributed by atoms with E-state index < -0.39 is 17.2 Å². The van der Waals surface area contributed by atoms with Gasteiger partial charge in [-0.3, -0.25) is 9.79 Å². The molecule has 0 unspecified atom stereocenters. The van der Waals surface area contributed by atoms with Crippen molar-refractivity contribution in [2.24, 2.45) is 4.99 Å². The largest absolute Gasteiger partial charge is 0.444 e. The average Bonchev–Trinajstić information content (AvgIpc) is 2.59. The van der Waals surface area contributed by atoms with Crippen molar-refractivity contribution in [3.63, 3.8) is 0 Å². The Balaban J connectivity index is 0.00000841. The van der Waals surface area contributed by atoms with Crippen molar-refractivity contribution in [1.82, 2.24) is 20.9 Å². The second-order valence-electron chi connectivity index (χ2n) is 8.69. The Hall–Kier alpha value is -2.04. The second-order valence-corrected chi connectivity index (χ2v) is 8.69. The van der Waals surface area contributed by atoms with Crippen LogP contribution in [0.5, 0.6) is 0 Å². The number of carbonyl (C=O) groups is 2. The maximum atomic E-state index is 12.0. The molecule has 0 aliphatic carbocycles. The Bertz CT molecular complexity index is 725. The maximum Gasteiger partial charge on any atom is 0.408 e. The zero-order valence-electron chi connectivity index (χ0n) is 19.3. The minimum Gasteiger partial charge on any atom is -0.444 e. The van der Waals surface area contributed by atoms with Crippen LogP contribution in [-0.4, -0.2) is 61.7 Å². The van der Waals surface area contributed by atoms with E-state index >= 15 is 0 Å². The molecule has 9 heteroatoms. The van der Waals surface area contributed by atoms with E-state index in [0.29, 0.717) is 24.6 Å². The SMILES string of the molecule is CN=C(NCc1ccc(C(=O)N(C)C)cc1)NCC(C)(C)NC(=O)OC(C)(C)C.I. The molecule has 0 saturated carbocycles. The summed E-state index contributed by atoms with van der Waals surface area (Å²) in [7, 11) is 5.14. The first-order chi connectivity index (χ1) is 13.3. The zero-order chi connectivity index (χ0) is 22.2. The first-order valence-electron chi connectivity index (χ1n) is 9.59. The molecule has 1 aromatic rings. The number of nitrogens with one attached hydrogen (secondary N) is 3. The molecule has 8 nitrogen and oxygen atoms in total. The van der Waals surface area contributed by atoms with Crippen molar-refractivity contribution < 1.29 is 14.3 Å². The number of guanidine groups is 1. The molecular weight excluding hydrogens is 497 g/mol. The highest BCUT2D eigenvalue weighted by molar-refractivity contribution is 14.0. The highest BCUT2D eigenvalue weighted by Gasteiger charge is 2.24. The van der Waals surface area contributed by atoms with Crippen molar-refractivity contribution in [2.75, 3.05) is 27.7 Å². The Morgan fingerprint density at radius 3 is 2.07 bits per heavy atom. The molecule has 2 amide bonds. The van der Waals surface area contributed by atoms with Crippen LogP contribution in [-0.2, 0) is 11.3 Å². The summed E-state index contributed by atoms with van der Waals surface area (Å²) in [6, 6.07) is 7.43. The van der Waals surface area contributed by atoms with Gasteiger partial charge in [0.25, 0.3) is 5.91 Å². The summed E-state index contributed by atoms with van der Waals surface area (Å²) < 4.78 is 5.30. The number of nitrogens with zero attached hydrogens (tertiary/aromatic N) is 2.